The van der Waals surface area contributed by atoms with E-state index in [1.54, 1.807) is 6.07 Å². The molecule has 0 amide bonds. The van der Waals surface area contributed by atoms with Gasteiger partial charge in [-0.1, -0.05) is 18.7 Å². The maximum Gasteiger partial charge on any atom is 0.162 e. The fourth-order valence-corrected chi connectivity index (χ4v) is 2.64. The van der Waals surface area contributed by atoms with Crippen LogP contribution in [0.15, 0.2) is 30.5 Å². The van der Waals surface area contributed by atoms with Crippen LogP contribution in [-0.4, -0.2) is 24.7 Å². The molecule has 1 aromatic rings. The lowest BCUT2D eigenvalue weighted by atomic mass is 9.93. The predicted molar refractivity (Wildman–Crippen MR) is 69.6 cm³/mol. The first kappa shape index (κ1) is 14.0. The van der Waals surface area contributed by atoms with Crippen molar-refractivity contribution in [2.24, 2.45) is 0 Å². The van der Waals surface area contributed by atoms with Crippen LogP contribution >= 0.6 is 0 Å². The summed E-state index contributed by atoms with van der Waals surface area (Å²) in [6.07, 6.45) is 2.41. The molecule has 0 aromatic heterocycles. The zero-order chi connectivity index (χ0) is 13.8. The summed E-state index contributed by atoms with van der Waals surface area (Å²) in [7, 11) is 0. The summed E-state index contributed by atoms with van der Waals surface area (Å²) in [5.74, 6) is -1.71. The fraction of sp³-hybridized carbons (Fsp3) is 0.467. The largest absolute Gasteiger partial charge is 0.372 e. The number of hydrogen-bond donors (Lipinski definition) is 0. The van der Waals surface area contributed by atoms with Crippen molar-refractivity contribution < 1.29 is 13.2 Å². The quantitative estimate of drug-likeness (QED) is 0.801. The van der Waals surface area contributed by atoms with Gasteiger partial charge in [0.15, 0.2) is 11.6 Å². The van der Waals surface area contributed by atoms with Crippen molar-refractivity contribution in [3.63, 3.8) is 0 Å². The molecule has 1 aliphatic heterocycles. The molecule has 1 atom stereocenters. The van der Waals surface area contributed by atoms with Crippen LogP contribution in [0.3, 0.4) is 0 Å². The van der Waals surface area contributed by atoms with Crippen molar-refractivity contribution in [1.29, 1.82) is 0 Å². The second kappa shape index (κ2) is 6.13. The summed E-state index contributed by atoms with van der Waals surface area (Å²) in [6.45, 7) is 4.25. The maximum atomic E-state index is 13.8. The molecule has 2 rings (SSSR count). The van der Waals surface area contributed by atoms with Crippen LogP contribution in [0, 0.1) is 11.6 Å². The number of allylic oxidation sites excluding steroid dienone is 1. The molecule has 1 saturated heterocycles. The van der Waals surface area contributed by atoms with Crippen LogP contribution in [0.2, 0.25) is 0 Å². The van der Waals surface area contributed by atoms with Crippen LogP contribution in [0.25, 0.3) is 0 Å². The highest BCUT2D eigenvalue weighted by Crippen LogP contribution is 2.31. The van der Waals surface area contributed by atoms with Crippen molar-refractivity contribution >= 4 is 0 Å². The number of nitrogens with zero attached hydrogens (tertiary/aromatic N) is 1. The van der Waals surface area contributed by atoms with Gasteiger partial charge in [0.25, 0.3) is 0 Å². The van der Waals surface area contributed by atoms with E-state index in [-0.39, 0.29) is 12.5 Å². The average Bonchev–Trinajstić information content (AvgIpc) is 2.56. The molecule has 104 valence electrons. The number of rotatable bonds is 3. The Kier molecular flexibility index (Phi) is 4.51. The first-order chi connectivity index (χ1) is 9.13. The smallest absolute Gasteiger partial charge is 0.162 e. The third-order valence-electron chi connectivity index (χ3n) is 3.68. The zero-order valence-corrected chi connectivity index (χ0v) is 10.8. The van der Waals surface area contributed by atoms with Crippen LogP contribution in [0.5, 0.6) is 0 Å². The van der Waals surface area contributed by atoms with Gasteiger partial charge in [-0.3, -0.25) is 0 Å². The molecule has 0 saturated carbocycles. The van der Waals surface area contributed by atoms with Crippen LogP contribution in [0.1, 0.15) is 30.7 Å². The molecule has 19 heavy (non-hydrogen) atoms. The zero-order valence-electron chi connectivity index (χ0n) is 10.8. The third-order valence-corrected chi connectivity index (χ3v) is 3.68. The summed E-state index contributed by atoms with van der Waals surface area (Å²) in [5.41, 5.74) is 1.27. The minimum absolute atomic E-state index is 0.110. The number of likely N-dealkylation sites (tertiary alicyclic amines) is 1. The van der Waals surface area contributed by atoms with Crippen molar-refractivity contribution in [2.75, 3.05) is 19.8 Å². The molecule has 4 heteroatoms. The van der Waals surface area contributed by atoms with Crippen molar-refractivity contribution in [3.8, 4) is 0 Å². The molecule has 1 unspecified atom stereocenters. The highest BCUT2D eigenvalue weighted by atomic mass is 19.2. The Morgan fingerprint density at radius 3 is 2.84 bits per heavy atom. The van der Waals surface area contributed by atoms with E-state index in [1.165, 1.54) is 6.07 Å². The number of hydrogen-bond acceptors (Lipinski definition) is 1. The van der Waals surface area contributed by atoms with Gasteiger partial charge >= 0.3 is 0 Å². The van der Waals surface area contributed by atoms with Gasteiger partial charge in [-0.15, -0.1) is 0 Å². The van der Waals surface area contributed by atoms with Gasteiger partial charge in [0.05, 0.1) is 0 Å². The van der Waals surface area contributed by atoms with Crippen molar-refractivity contribution in [2.45, 2.75) is 25.2 Å². The Balaban J connectivity index is 2.23. The number of benzene rings is 1. The lowest BCUT2D eigenvalue weighted by Gasteiger charge is -2.27. The van der Waals surface area contributed by atoms with E-state index in [4.69, 9.17) is 0 Å². The lowest BCUT2D eigenvalue weighted by Crippen LogP contribution is -2.28. The van der Waals surface area contributed by atoms with Crippen molar-refractivity contribution in [1.82, 2.24) is 4.90 Å². The Hall–Kier alpha value is -1.45. The van der Waals surface area contributed by atoms with Crippen LogP contribution in [-0.2, 0) is 0 Å². The van der Waals surface area contributed by atoms with E-state index in [1.807, 2.05) is 4.90 Å². The fourth-order valence-electron chi connectivity index (χ4n) is 2.64. The Morgan fingerprint density at radius 2 is 2.11 bits per heavy atom. The molecular weight excluding hydrogens is 251 g/mol. The van der Waals surface area contributed by atoms with Gasteiger partial charge in [-0.05, 0) is 30.9 Å². The highest BCUT2D eigenvalue weighted by Gasteiger charge is 2.24. The predicted octanol–water partition coefficient (Wildman–Crippen LogP) is 4.02. The SMILES string of the molecule is C=C1CCCC(c2cccc(F)c2F)CN1CCF. The van der Waals surface area contributed by atoms with Gasteiger partial charge in [-0.2, -0.15) is 0 Å². The van der Waals surface area contributed by atoms with Gasteiger partial charge in [0.1, 0.15) is 6.67 Å². The maximum absolute atomic E-state index is 13.8. The molecule has 0 spiro atoms. The normalized spacial score (nSPS) is 20.5. The molecule has 1 fully saturated rings. The molecule has 0 bridgehead atoms. The van der Waals surface area contributed by atoms with E-state index in [9.17, 15) is 13.2 Å². The standard InChI is InChI=1S/C15H18F3N/c1-11-4-2-5-12(10-19(11)9-8-16)13-6-3-7-14(17)15(13)18/h3,6-7,12H,1-2,4-5,8-10H2. The topological polar surface area (TPSA) is 3.24 Å². The van der Waals surface area contributed by atoms with Crippen LogP contribution in [0.4, 0.5) is 13.2 Å². The molecule has 1 aliphatic rings. The molecule has 1 heterocycles. The number of alkyl halides is 1. The lowest BCUT2D eigenvalue weighted by molar-refractivity contribution is 0.290. The van der Waals surface area contributed by atoms with Gasteiger partial charge in [0.2, 0.25) is 0 Å². The first-order valence-corrected chi connectivity index (χ1v) is 6.56. The summed E-state index contributed by atoms with van der Waals surface area (Å²) < 4.78 is 39.7. The molecular formula is C15H18F3N. The van der Waals surface area contributed by atoms with E-state index in [2.05, 4.69) is 6.58 Å². The van der Waals surface area contributed by atoms with E-state index in [0.717, 1.165) is 31.0 Å². The van der Waals surface area contributed by atoms with E-state index < -0.39 is 18.3 Å². The highest BCUT2D eigenvalue weighted by molar-refractivity contribution is 5.24. The molecule has 1 aromatic carbocycles. The van der Waals surface area contributed by atoms with Gasteiger partial charge in [-0.25, -0.2) is 13.2 Å². The molecule has 1 nitrogen and oxygen atoms in total. The second-order valence-corrected chi connectivity index (χ2v) is 4.93. The van der Waals surface area contributed by atoms with E-state index >= 15 is 0 Å². The van der Waals surface area contributed by atoms with Crippen molar-refractivity contribution in [3.05, 3.63) is 47.7 Å². The Labute approximate surface area is 111 Å². The summed E-state index contributed by atoms with van der Waals surface area (Å²) in [6, 6.07) is 4.26. The Bertz CT molecular complexity index is 459. The summed E-state index contributed by atoms with van der Waals surface area (Å²) in [5, 5.41) is 0. The molecule has 0 aliphatic carbocycles. The third kappa shape index (κ3) is 3.11. The summed E-state index contributed by atoms with van der Waals surface area (Å²) in [4.78, 5) is 1.85. The molecule has 0 radical (unpaired) electrons. The van der Waals surface area contributed by atoms with Gasteiger partial charge in [0, 0.05) is 24.7 Å². The average molecular weight is 269 g/mol. The summed E-state index contributed by atoms with van der Waals surface area (Å²) >= 11 is 0. The molecule has 0 N–H and O–H groups in total. The Morgan fingerprint density at radius 1 is 1.32 bits per heavy atom. The van der Waals surface area contributed by atoms with E-state index in [0.29, 0.717) is 12.1 Å². The minimum atomic E-state index is -0.822. The second-order valence-electron chi connectivity index (χ2n) is 4.93. The number of halogens is 3. The minimum Gasteiger partial charge on any atom is -0.372 e. The van der Waals surface area contributed by atoms with Gasteiger partial charge < -0.3 is 4.90 Å². The monoisotopic (exact) mass is 269 g/mol. The first-order valence-electron chi connectivity index (χ1n) is 6.56. The van der Waals surface area contributed by atoms with Crippen LogP contribution < -0.4 is 0 Å².